The summed E-state index contributed by atoms with van der Waals surface area (Å²) in [6, 6.07) is 0.379. The van der Waals surface area contributed by atoms with Crippen LogP contribution in [0.2, 0.25) is 0 Å². The molecule has 1 aromatic heterocycles. The van der Waals surface area contributed by atoms with Crippen molar-refractivity contribution in [2.75, 3.05) is 5.32 Å². The van der Waals surface area contributed by atoms with Gasteiger partial charge in [0.1, 0.15) is 0 Å². The molecule has 0 bridgehead atoms. The third-order valence-corrected chi connectivity index (χ3v) is 2.54. The molecule has 1 fully saturated rings. The van der Waals surface area contributed by atoms with E-state index in [2.05, 4.69) is 10.3 Å². The van der Waals surface area contributed by atoms with E-state index in [4.69, 9.17) is 0 Å². The SMILES string of the molecule is Cn1cnc([N+](=O)[O-])c1NC1CCC1. The first-order valence-corrected chi connectivity index (χ1v) is 4.60. The fraction of sp³-hybridized carbons (Fsp3) is 0.625. The second-order valence-electron chi connectivity index (χ2n) is 3.56. The number of hydrogen-bond acceptors (Lipinski definition) is 4. The number of rotatable bonds is 3. The summed E-state index contributed by atoms with van der Waals surface area (Å²) >= 11 is 0. The molecule has 0 atom stereocenters. The van der Waals surface area contributed by atoms with Gasteiger partial charge in [-0.2, -0.15) is 0 Å². The molecule has 14 heavy (non-hydrogen) atoms. The summed E-state index contributed by atoms with van der Waals surface area (Å²) in [5, 5.41) is 13.7. The van der Waals surface area contributed by atoms with Gasteiger partial charge in [0.05, 0.1) is 0 Å². The Labute approximate surface area is 81.1 Å². The van der Waals surface area contributed by atoms with Gasteiger partial charge in [-0.25, -0.2) is 0 Å². The number of imidazole rings is 1. The van der Waals surface area contributed by atoms with Gasteiger partial charge in [-0.1, -0.05) is 0 Å². The van der Waals surface area contributed by atoms with Crippen molar-refractivity contribution in [3.05, 3.63) is 16.4 Å². The molecule has 1 aliphatic carbocycles. The largest absolute Gasteiger partial charge is 0.406 e. The van der Waals surface area contributed by atoms with Gasteiger partial charge in [-0.3, -0.25) is 4.57 Å². The van der Waals surface area contributed by atoms with Crippen LogP contribution in [0.1, 0.15) is 19.3 Å². The van der Waals surface area contributed by atoms with Crippen LogP contribution in [0.25, 0.3) is 0 Å². The van der Waals surface area contributed by atoms with Crippen molar-refractivity contribution in [2.45, 2.75) is 25.3 Å². The van der Waals surface area contributed by atoms with E-state index >= 15 is 0 Å². The Morgan fingerprint density at radius 2 is 2.43 bits per heavy atom. The van der Waals surface area contributed by atoms with Crippen LogP contribution in [-0.2, 0) is 7.05 Å². The normalized spacial score (nSPS) is 16.4. The molecule has 0 aromatic carbocycles. The third-order valence-electron chi connectivity index (χ3n) is 2.54. The van der Waals surface area contributed by atoms with E-state index in [0.29, 0.717) is 11.9 Å². The second-order valence-corrected chi connectivity index (χ2v) is 3.56. The van der Waals surface area contributed by atoms with Crippen molar-refractivity contribution in [1.29, 1.82) is 0 Å². The van der Waals surface area contributed by atoms with Crippen molar-refractivity contribution in [1.82, 2.24) is 9.55 Å². The lowest BCUT2D eigenvalue weighted by molar-refractivity contribution is -0.388. The fourth-order valence-electron chi connectivity index (χ4n) is 1.46. The van der Waals surface area contributed by atoms with Crippen LogP contribution in [0.15, 0.2) is 6.33 Å². The molecule has 0 saturated heterocycles. The highest BCUT2D eigenvalue weighted by molar-refractivity contribution is 5.52. The maximum Gasteiger partial charge on any atom is 0.406 e. The van der Waals surface area contributed by atoms with E-state index < -0.39 is 4.92 Å². The van der Waals surface area contributed by atoms with Gasteiger partial charge in [0.2, 0.25) is 12.1 Å². The molecule has 1 saturated carbocycles. The van der Waals surface area contributed by atoms with Gasteiger partial charge in [-0.05, 0) is 29.2 Å². The standard InChI is InChI=1S/C8H12N4O2/c1-11-5-9-7(12(13)14)8(11)10-6-3-2-4-6/h5-6,10H,2-4H2,1H3. The lowest BCUT2D eigenvalue weighted by atomic mass is 9.93. The van der Waals surface area contributed by atoms with Crippen LogP contribution in [0.3, 0.4) is 0 Å². The minimum atomic E-state index is -0.457. The molecule has 1 aromatic rings. The highest BCUT2D eigenvalue weighted by Crippen LogP contribution is 2.27. The number of anilines is 1. The van der Waals surface area contributed by atoms with Crippen LogP contribution in [0.4, 0.5) is 11.6 Å². The predicted octanol–water partition coefficient (Wildman–Crippen LogP) is 1.29. The summed E-state index contributed by atoms with van der Waals surface area (Å²) < 4.78 is 1.65. The van der Waals surface area contributed by atoms with Gasteiger partial charge < -0.3 is 15.4 Å². The lowest BCUT2D eigenvalue weighted by Gasteiger charge is -2.26. The summed E-state index contributed by atoms with van der Waals surface area (Å²) in [6.45, 7) is 0. The molecule has 1 aliphatic rings. The fourth-order valence-corrected chi connectivity index (χ4v) is 1.46. The summed E-state index contributed by atoms with van der Waals surface area (Å²) in [7, 11) is 1.75. The summed E-state index contributed by atoms with van der Waals surface area (Å²) in [6.07, 6.45) is 4.83. The number of nitro groups is 1. The Morgan fingerprint density at radius 3 is 2.93 bits per heavy atom. The first-order chi connectivity index (χ1) is 6.68. The molecular weight excluding hydrogens is 184 g/mol. The number of hydrogen-bond donors (Lipinski definition) is 1. The zero-order valence-corrected chi connectivity index (χ0v) is 7.93. The number of nitrogens with one attached hydrogen (secondary N) is 1. The van der Waals surface area contributed by atoms with Gasteiger partial charge in [0.15, 0.2) is 0 Å². The van der Waals surface area contributed by atoms with Crippen LogP contribution >= 0.6 is 0 Å². The molecule has 2 rings (SSSR count). The van der Waals surface area contributed by atoms with Crippen LogP contribution in [-0.4, -0.2) is 20.5 Å². The highest BCUT2D eigenvalue weighted by atomic mass is 16.6. The first kappa shape index (κ1) is 8.98. The maximum atomic E-state index is 10.6. The van der Waals surface area contributed by atoms with Crippen molar-refractivity contribution < 1.29 is 4.92 Å². The summed E-state index contributed by atoms with van der Waals surface area (Å²) in [4.78, 5) is 13.9. The number of nitrogens with zero attached hydrogens (tertiary/aromatic N) is 3. The van der Waals surface area contributed by atoms with Crippen molar-refractivity contribution in [3.8, 4) is 0 Å². The van der Waals surface area contributed by atoms with Crippen molar-refractivity contribution in [2.24, 2.45) is 7.05 Å². The van der Waals surface area contributed by atoms with Crippen molar-refractivity contribution >= 4 is 11.6 Å². The summed E-state index contributed by atoms with van der Waals surface area (Å²) in [5.41, 5.74) is 0. The molecule has 0 amide bonds. The minimum absolute atomic E-state index is 0.0839. The van der Waals surface area contributed by atoms with E-state index in [1.54, 1.807) is 11.6 Å². The van der Waals surface area contributed by atoms with E-state index in [1.807, 2.05) is 0 Å². The van der Waals surface area contributed by atoms with Crippen LogP contribution in [0.5, 0.6) is 0 Å². The molecule has 0 spiro atoms. The Hall–Kier alpha value is -1.59. The zero-order valence-electron chi connectivity index (χ0n) is 7.93. The molecule has 1 N–H and O–H groups in total. The molecule has 0 radical (unpaired) electrons. The predicted molar refractivity (Wildman–Crippen MR) is 51.1 cm³/mol. The Morgan fingerprint density at radius 1 is 1.71 bits per heavy atom. The molecule has 0 unspecified atom stereocenters. The smallest absolute Gasteiger partial charge is 0.362 e. The van der Waals surface area contributed by atoms with Crippen LogP contribution < -0.4 is 5.32 Å². The quantitative estimate of drug-likeness (QED) is 0.584. The monoisotopic (exact) mass is 196 g/mol. The highest BCUT2D eigenvalue weighted by Gasteiger charge is 2.25. The minimum Gasteiger partial charge on any atom is -0.362 e. The van der Waals surface area contributed by atoms with Gasteiger partial charge >= 0.3 is 5.82 Å². The van der Waals surface area contributed by atoms with Gasteiger partial charge in [0, 0.05) is 13.1 Å². The van der Waals surface area contributed by atoms with E-state index in [1.165, 1.54) is 12.7 Å². The molecular formula is C8H12N4O2. The maximum absolute atomic E-state index is 10.6. The first-order valence-electron chi connectivity index (χ1n) is 4.60. The Bertz CT molecular complexity index is 356. The van der Waals surface area contributed by atoms with E-state index in [9.17, 15) is 10.1 Å². The van der Waals surface area contributed by atoms with E-state index in [0.717, 1.165) is 12.8 Å². The summed E-state index contributed by atoms with van der Waals surface area (Å²) in [5.74, 6) is 0.430. The molecule has 76 valence electrons. The average Bonchev–Trinajstić information content (AvgIpc) is 2.40. The van der Waals surface area contributed by atoms with Crippen LogP contribution in [0, 0.1) is 10.1 Å². The Balaban J connectivity index is 2.20. The number of aromatic nitrogens is 2. The number of aryl methyl sites for hydroxylation is 1. The molecule has 0 aliphatic heterocycles. The Kier molecular flexibility index (Phi) is 2.11. The molecule has 6 heteroatoms. The average molecular weight is 196 g/mol. The third kappa shape index (κ3) is 1.43. The molecule has 1 heterocycles. The topological polar surface area (TPSA) is 73.0 Å². The second kappa shape index (κ2) is 3.28. The van der Waals surface area contributed by atoms with Crippen molar-refractivity contribution in [3.63, 3.8) is 0 Å². The molecule has 6 nitrogen and oxygen atoms in total. The van der Waals surface area contributed by atoms with Gasteiger partial charge in [0.25, 0.3) is 0 Å². The lowest BCUT2D eigenvalue weighted by Crippen LogP contribution is -2.28. The van der Waals surface area contributed by atoms with E-state index in [-0.39, 0.29) is 5.82 Å². The zero-order chi connectivity index (χ0) is 10.1. The van der Waals surface area contributed by atoms with Gasteiger partial charge in [-0.15, -0.1) is 0 Å².